The normalized spacial score (nSPS) is 10.7. The van der Waals surface area contributed by atoms with Gasteiger partial charge >= 0.3 is 0 Å². The summed E-state index contributed by atoms with van der Waals surface area (Å²) < 4.78 is 2.93. The number of hydrogen-bond acceptors (Lipinski definition) is 3. The van der Waals surface area contributed by atoms with Crippen molar-refractivity contribution in [3.63, 3.8) is 0 Å². The highest BCUT2D eigenvalue weighted by Crippen LogP contribution is 2.22. The monoisotopic (exact) mass is 255 g/mol. The van der Waals surface area contributed by atoms with E-state index >= 15 is 0 Å². The molecule has 0 aromatic carbocycles. The van der Waals surface area contributed by atoms with E-state index < -0.39 is 0 Å². The summed E-state index contributed by atoms with van der Waals surface area (Å²) in [6.07, 6.45) is 2.05. The Morgan fingerprint density at radius 1 is 1.50 bits per heavy atom. The topological polar surface area (TPSA) is 29.9 Å². The molecule has 0 bridgehead atoms. The van der Waals surface area contributed by atoms with Gasteiger partial charge in [-0.15, -0.1) is 11.3 Å². The van der Waals surface area contributed by atoms with Crippen LogP contribution >= 0.6 is 22.9 Å². The van der Waals surface area contributed by atoms with Gasteiger partial charge < -0.3 is 9.88 Å². The molecule has 0 fully saturated rings. The van der Waals surface area contributed by atoms with E-state index in [1.54, 1.807) is 11.3 Å². The van der Waals surface area contributed by atoms with Crippen molar-refractivity contribution in [2.45, 2.75) is 26.9 Å². The van der Waals surface area contributed by atoms with Gasteiger partial charge in [-0.25, -0.2) is 4.98 Å². The lowest BCUT2D eigenvalue weighted by atomic mass is 10.5. The van der Waals surface area contributed by atoms with Gasteiger partial charge in [0, 0.05) is 17.6 Å². The van der Waals surface area contributed by atoms with Crippen LogP contribution in [0.2, 0.25) is 4.34 Å². The molecule has 0 aliphatic rings. The second kappa shape index (κ2) is 4.89. The highest BCUT2D eigenvalue weighted by atomic mass is 35.5. The van der Waals surface area contributed by atoms with Crippen molar-refractivity contribution in [3.05, 3.63) is 33.2 Å². The number of nitrogens with one attached hydrogen (secondary N) is 1. The Balaban J connectivity index is 2.04. The van der Waals surface area contributed by atoms with E-state index in [4.69, 9.17) is 11.6 Å². The first-order chi connectivity index (χ1) is 7.69. The minimum absolute atomic E-state index is 0.772. The number of aromatic nitrogens is 2. The predicted molar refractivity (Wildman–Crippen MR) is 69.3 cm³/mol. The summed E-state index contributed by atoms with van der Waals surface area (Å²) >= 11 is 7.47. The highest BCUT2D eigenvalue weighted by Gasteiger charge is 2.04. The SMILES string of the molecule is CCn1cc(C)nc1NCc1ccc(Cl)s1. The Bertz CT molecular complexity index is 475. The highest BCUT2D eigenvalue weighted by molar-refractivity contribution is 7.16. The standard InChI is InChI=1S/C11H14ClN3S/c1-3-15-7-8(2)14-11(15)13-6-9-4-5-10(12)16-9/h4-5,7H,3,6H2,1-2H3,(H,13,14). The molecule has 3 nitrogen and oxygen atoms in total. The van der Waals surface area contributed by atoms with E-state index in [9.17, 15) is 0 Å². The van der Waals surface area contributed by atoms with Gasteiger partial charge in [0.15, 0.2) is 0 Å². The third-order valence-corrected chi connectivity index (χ3v) is 3.52. The predicted octanol–water partition coefficient (Wildman–Crippen LogP) is 3.54. The molecule has 2 aromatic heterocycles. The second-order valence-corrected chi connectivity index (χ2v) is 5.35. The van der Waals surface area contributed by atoms with E-state index in [-0.39, 0.29) is 0 Å². The van der Waals surface area contributed by atoms with Gasteiger partial charge in [0.1, 0.15) is 0 Å². The van der Waals surface area contributed by atoms with Crippen LogP contribution in [0.3, 0.4) is 0 Å². The van der Waals surface area contributed by atoms with Crippen LogP contribution in [0.25, 0.3) is 0 Å². The molecule has 0 saturated heterocycles. The summed E-state index contributed by atoms with van der Waals surface area (Å²) in [6, 6.07) is 3.95. The zero-order chi connectivity index (χ0) is 11.5. The summed E-state index contributed by atoms with van der Waals surface area (Å²) in [5.41, 5.74) is 1.04. The summed E-state index contributed by atoms with van der Waals surface area (Å²) in [6.45, 7) is 5.80. The van der Waals surface area contributed by atoms with Crippen LogP contribution in [0.1, 0.15) is 17.5 Å². The maximum absolute atomic E-state index is 5.87. The van der Waals surface area contributed by atoms with Crippen LogP contribution < -0.4 is 5.32 Å². The number of halogens is 1. The van der Waals surface area contributed by atoms with Crippen LogP contribution in [0.15, 0.2) is 18.3 Å². The van der Waals surface area contributed by atoms with E-state index in [0.29, 0.717) is 0 Å². The van der Waals surface area contributed by atoms with E-state index in [0.717, 1.165) is 29.1 Å². The first-order valence-corrected chi connectivity index (χ1v) is 6.40. The third-order valence-electron chi connectivity index (χ3n) is 2.29. The van der Waals surface area contributed by atoms with Gasteiger partial charge in [-0.1, -0.05) is 11.6 Å². The van der Waals surface area contributed by atoms with Crippen molar-refractivity contribution in [1.82, 2.24) is 9.55 Å². The van der Waals surface area contributed by atoms with Crippen LogP contribution in [-0.2, 0) is 13.1 Å². The molecule has 0 saturated carbocycles. The zero-order valence-electron chi connectivity index (χ0n) is 9.33. The number of anilines is 1. The second-order valence-electron chi connectivity index (χ2n) is 3.55. The van der Waals surface area contributed by atoms with Crippen LogP contribution in [0.4, 0.5) is 5.95 Å². The summed E-state index contributed by atoms with van der Waals surface area (Å²) in [5, 5.41) is 3.32. The van der Waals surface area contributed by atoms with Crippen molar-refractivity contribution < 1.29 is 0 Å². The number of hydrogen-bond donors (Lipinski definition) is 1. The molecule has 0 unspecified atom stereocenters. The van der Waals surface area contributed by atoms with Crippen molar-refractivity contribution in [2.24, 2.45) is 0 Å². The number of thiophene rings is 1. The largest absolute Gasteiger partial charge is 0.351 e. The lowest BCUT2D eigenvalue weighted by molar-refractivity contribution is 0.763. The molecule has 0 radical (unpaired) electrons. The minimum atomic E-state index is 0.772. The molecule has 0 atom stereocenters. The molecule has 2 aromatic rings. The van der Waals surface area contributed by atoms with E-state index in [1.165, 1.54) is 4.88 Å². The van der Waals surface area contributed by atoms with Gasteiger partial charge in [-0.2, -0.15) is 0 Å². The van der Waals surface area contributed by atoms with Crippen molar-refractivity contribution in [2.75, 3.05) is 5.32 Å². The first kappa shape index (κ1) is 11.5. The number of rotatable bonds is 4. The minimum Gasteiger partial charge on any atom is -0.351 e. The summed E-state index contributed by atoms with van der Waals surface area (Å²) in [4.78, 5) is 5.64. The van der Waals surface area contributed by atoms with Crippen LogP contribution in [0, 0.1) is 6.92 Å². The fourth-order valence-corrected chi connectivity index (χ4v) is 2.57. The number of nitrogens with zero attached hydrogens (tertiary/aromatic N) is 2. The average Bonchev–Trinajstić information content (AvgIpc) is 2.81. The summed E-state index contributed by atoms with van der Waals surface area (Å²) in [5.74, 6) is 0.921. The molecule has 1 N–H and O–H groups in total. The van der Waals surface area contributed by atoms with Crippen molar-refractivity contribution in [3.8, 4) is 0 Å². The van der Waals surface area contributed by atoms with E-state index in [1.807, 2.05) is 25.3 Å². The number of imidazole rings is 1. The zero-order valence-corrected chi connectivity index (χ0v) is 10.9. The van der Waals surface area contributed by atoms with Gasteiger partial charge in [0.2, 0.25) is 5.95 Å². The summed E-state index contributed by atoms with van der Waals surface area (Å²) in [7, 11) is 0. The maximum atomic E-state index is 5.87. The Morgan fingerprint density at radius 2 is 2.31 bits per heavy atom. The molecule has 16 heavy (non-hydrogen) atoms. The number of aryl methyl sites for hydroxylation is 2. The molecule has 86 valence electrons. The van der Waals surface area contributed by atoms with E-state index in [2.05, 4.69) is 21.8 Å². The molecular weight excluding hydrogens is 242 g/mol. The maximum Gasteiger partial charge on any atom is 0.203 e. The van der Waals surface area contributed by atoms with Crippen molar-refractivity contribution in [1.29, 1.82) is 0 Å². The Labute approximate surface area is 104 Å². The van der Waals surface area contributed by atoms with Gasteiger partial charge in [0.25, 0.3) is 0 Å². The Hall–Kier alpha value is -1.000. The molecule has 0 spiro atoms. The molecule has 0 aliphatic carbocycles. The average molecular weight is 256 g/mol. The van der Waals surface area contributed by atoms with Gasteiger partial charge in [0.05, 0.1) is 16.6 Å². The van der Waals surface area contributed by atoms with Gasteiger partial charge in [-0.05, 0) is 26.0 Å². The van der Waals surface area contributed by atoms with Gasteiger partial charge in [-0.3, -0.25) is 0 Å². The molecule has 2 rings (SSSR count). The quantitative estimate of drug-likeness (QED) is 0.906. The lowest BCUT2D eigenvalue weighted by Gasteiger charge is -2.05. The Morgan fingerprint density at radius 3 is 2.94 bits per heavy atom. The molecule has 5 heteroatoms. The lowest BCUT2D eigenvalue weighted by Crippen LogP contribution is -2.05. The smallest absolute Gasteiger partial charge is 0.203 e. The third kappa shape index (κ3) is 2.57. The first-order valence-electron chi connectivity index (χ1n) is 5.21. The fraction of sp³-hybridized carbons (Fsp3) is 0.364. The molecule has 2 heterocycles. The molecule has 0 amide bonds. The van der Waals surface area contributed by atoms with Crippen molar-refractivity contribution >= 4 is 28.9 Å². The molecule has 0 aliphatic heterocycles. The molecular formula is C11H14ClN3S. The van der Waals surface area contributed by atoms with Crippen LogP contribution in [-0.4, -0.2) is 9.55 Å². The van der Waals surface area contributed by atoms with Crippen LogP contribution in [0.5, 0.6) is 0 Å². The fourth-order valence-electron chi connectivity index (χ4n) is 1.54. The Kier molecular flexibility index (Phi) is 3.51.